The predicted molar refractivity (Wildman–Crippen MR) is 62.3 cm³/mol. The van der Waals surface area contributed by atoms with E-state index >= 15 is 0 Å². The summed E-state index contributed by atoms with van der Waals surface area (Å²) >= 11 is 0. The van der Waals surface area contributed by atoms with Crippen LogP contribution < -0.4 is 5.32 Å². The molecule has 0 aliphatic rings. The van der Waals surface area contributed by atoms with E-state index in [1.807, 2.05) is 11.5 Å². The fourth-order valence-electron chi connectivity index (χ4n) is 1.61. The Kier molecular flexibility index (Phi) is 3.22. The standard InChI is InChI=1S/C11H15N5O/c1-3-16-8-12-6-9(16)7-14-11(17)10-13-4-5-15(10)2/h4-6,8H,3,7H2,1-2H3,(H,14,17). The van der Waals surface area contributed by atoms with Crippen LogP contribution >= 0.6 is 0 Å². The molecule has 2 aromatic rings. The Morgan fingerprint density at radius 1 is 1.53 bits per heavy atom. The van der Waals surface area contributed by atoms with Crippen LogP contribution in [0.25, 0.3) is 0 Å². The Morgan fingerprint density at radius 3 is 3.00 bits per heavy atom. The maximum atomic E-state index is 11.8. The van der Waals surface area contributed by atoms with E-state index in [0.29, 0.717) is 12.4 Å². The van der Waals surface area contributed by atoms with Crippen molar-refractivity contribution in [2.45, 2.75) is 20.0 Å². The summed E-state index contributed by atoms with van der Waals surface area (Å²) in [5.41, 5.74) is 0.982. The topological polar surface area (TPSA) is 64.7 Å². The largest absolute Gasteiger partial charge is 0.344 e. The quantitative estimate of drug-likeness (QED) is 0.839. The van der Waals surface area contributed by atoms with Crippen molar-refractivity contribution in [2.24, 2.45) is 7.05 Å². The Bertz CT molecular complexity index is 513. The van der Waals surface area contributed by atoms with E-state index in [1.54, 1.807) is 36.5 Å². The van der Waals surface area contributed by atoms with Crippen LogP contribution in [0.5, 0.6) is 0 Å². The highest BCUT2D eigenvalue weighted by Crippen LogP contribution is 2.00. The molecule has 17 heavy (non-hydrogen) atoms. The van der Waals surface area contributed by atoms with Crippen LogP contribution in [-0.4, -0.2) is 25.0 Å². The Morgan fingerprint density at radius 2 is 2.35 bits per heavy atom. The Labute approximate surface area is 99.3 Å². The molecule has 1 amide bonds. The zero-order valence-electron chi connectivity index (χ0n) is 9.92. The van der Waals surface area contributed by atoms with Gasteiger partial charge in [-0.05, 0) is 6.92 Å². The first kappa shape index (κ1) is 11.4. The number of amides is 1. The maximum Gasteiger partial charge on any atom is 0.287 e. The molecule has 2 rings (SSSR count). The van der Waals surface area contributed by atoms with Crippen molar-refractivity contribution in [3.05, 3.63) is 36.4 Å². The first-order valence-corrected chi connectivity index (χ1v) is 5.47. The minimum atomic E-state index is -0.179. The van der Waals surface area contributed by atoms with Crippen molar-refractivity contribution < 1.29 is 4.79 Å². The Balaban J connectivity index is 1.99. The summed E-state index contributed by atoms with van der Waals surface area (Å²) in [6.07, 6.45) is 6.85. The third-order valence-electron chi connectivity index (χ3n) is 2.59. The number of hydrogen-bond donors (Lipinski definition) is 1. The first-order valence-electron chi connectivity index (χ1n) is 5.47. The minimum absolute atomic E-state index is 0.179. The third kappa shape index (κ3) is 2.35. The van der Waals surface area contributed by atoms with E-state index in [2.05, 4.69) is 15.3 Å². The molecule has 2 heterocycles. The summed E-state index contributed by atoms with van der Waals surface area (Å²) in [6.45, 7) is 3.33. The minimum Gasteiger partial charge on any atom is -0.344 e. The summed E-state index contributed by atoms with van der Waals surface area (Å²) in [6, 6.07) is 0. The fraction of sp³-hybridized carbons (Fsp3) is 0.364. The van der Waals surface area contributed by atoms with Crippen molar-refractivity contribution in [1.29, 1.82) is 0 Å². The second-order valence-electron chi connectivity index (χ2n) is 3.72. The molecule has 0 radical (unpaired) electrons. The number of nitrogens with zero attached hydrogens (tertiary/aromatic N) is 4. The summed E-state index contributed by atoms with van der Waals surface area (Å²) in [7, 11) is 1.79. The lowest BCUT2D eigenvalue weighted by atomic mass is 10.4. The van der Waals surface area contributed by atoms with Gasteiger partial charge in [-0.3, -0.25) is 4.79 Å². The molecule has 1 N–H and O–H groups in total. The van der Waals surface area contributed by atoms with Crippen LogP contribution in [0.15, 0.2) is 24.9 Å². The summed E-state index contributed by atoms with van der Waals surface area (Å²) in [5, 5.41) is 2.82. The van der Waals surface area contributed by atoms with Crippen molar-refractivity contribution in [2.75, 3.05) is 0 Å². The number of aromatic nitrogens is 4. The lowest BCUT2D eigenvalue weighted by molar-refractivity contribution is 0.0936. The third-order valence-corrected chi connectivity index (χ3v) is 2.59. The number of aryl methyl sites for hydroxylation is 2. The molecule has 0 aliphatic heterocycles. The molecule has 0 unspecified atom stereocenters. The molecule has 0 fully saturated rings. The van der Waals surface area contributed by atoms with Crippen LogP contribution in [0.2, 0.25) is 0 Å². The SMILES string of the molecule is CCn1cncc1CNC(=O)c1nccn1C. The number of nitrogens with one attached hydrogen (secondary N) is 1. The number of hydrogen-bond acceptors (Lipinski definition) is 3. The van der Waals surface area contributed by atoms with Gasteiger partial charge in [0.05, 0.1) is 18.6 Å². The molecule has 0 aliphatic carbocycles. The van der Waals surface area contributed by atoms with Crippen molar-refractivity contribution in [3.8, 4) is 0 Å². The molecule has 6 heteroatoms. The molecule has 0 atom stereocenters. The van der Waals surface area contributed by atoms with Gasteiger partial charge in [-0.2, -0.15) is 0 Å². The molecule has 0 saturated heterocycles. The zero-order valence-corrected chi connectivity index (χ0v) is 9.92. The van der Waals surface area contributed by atoms with Gasteiger partial charge in [0, 0.05) is 32.2 Å². The zero-order chi connectivity index (χ0) is 12.3. The summed E-state index contributed by atoms with van der Waals surface area (Å²) in [5.74, 6) is 0.230. The first-order chi connectivity index (χ1) is 8.22. The molecule has 0 bridgehead atoms. The molecule has 90 valence electrons. The Hall–Kier alpha value is -2.11. The van der Waals surface area contributed by atoms with Gasteiger partial charge in [0.15, 0.2) is 5.82 Å². The number of rotatable bonds is 4. The number of carbonyl (C=O) groups excluding carboxylic acids is 1. The van der Waals surface area contributed by atoms with Gasteiger partial charge < -0.3 is 14.5 Å². The van der Waals surface area contributed by atoms with E-state index in [1.165, 1.54) is 0 Å². The van der Waals surface area contributed by atoms with Crippen LogP contribution in [0, 0.1) is 0 Å². The monoisotopic (exact) mass is 233 g/mol. The van der Waals surface area contributed by atoms with Crippen LogP contribution in [-0.2, 0) is 20.1 Å². The second-order valence-corrected chi connectivity index (χ2v) is 3.72. The molecular weight excluding hydrogens is 218 g/mol. The molecule has 0 aromatic carbocycles. The molecule has 6 nitrogen and oxygen atoms in total. The average molecular weight is 233 g/mol. The van der Waals surface area contributed by atoms with Gasteiger partial charge in [0.1, 0.15) is 0 Å². The van der Waals surface area contributed by atoms with E-state index in [4.69, 9.17) is 0 Å². The van der Waals surface area contributed by atoms with Crippen molar-refractivity contribution in [3.63, 3.8) is 0 Å². The fourth-order valence-corrected chi connectivity index (χ4v) is 1.61. The predicted octanol–water partition coefficient (Wildman–Crippen LogP) is 0.566. The van der Waals surface area contributed by atoms with Crippen LogP contribution in [0.1, 0.15) is 23.2 Å². The molecule has 2 aromatic heterocycles. The lowest BCUT2D eigenvalue weighted by Gasteiger charge is -2.07. The van der Waals surface area contributed by atoms with Gasteiger partial charge in [0.25, 0.3) is 5.91 Å². The van der Waals surface area contributed by atoms with Gasteiger partial charge in [-0.25, -0.2) is 9.97 Å². The summed E-state index contributed by atoms with van der Waals surface area (Å²) < 4.78 is 3.67. The van der Waals surface area contributed by atoms with Gasteiger partial charge >= 0.3 is 0 Å². The maximum absolute atomic E-state index is 11.8. The lowest BCUT2D eigenvalue weighted by Crippen LogP contribution is -2.26. The second kappa shape index (κ2) is 4.82. The van der Waals surface area contributed by atoms with Crippen molar-refractivity contribution in [1.82, 2.24) is 24.4 Å². The smallest absolute Gasteiger partial charge is 0.287 e. The van der Waals surface area contributed by atoms with E-state index in [-0.39, 0.29) is 5.91 Å². The van der Waals surface area contributed by atoms with E-state index in [0.717, 1.165) is 12.2 Å². The highest BCUT2D eigenvalue weighted by Gasteiger charge is 2.10. The van der Waals surface area contributed by atoms with E-state index in [9.17, 15) is 4.79 Å². The molecular formula is C11H15N5O. The number of imidazole rings is 2. The highest BCUT2D eigenvalue weighted by molar-refractivity contribution is 5.90. The van der Waals surface area contributed by atoms with Crippen LogP contribution in [0.3, 0.4) is 0 Å². The van der Waals surface area contributed by atoms with Gasteiger partial charge in [-0.15, -0.1) is 0 Å². The average Bonchev–Trinajstić information content (AvgIpc) is 2.94. The normalized spacial score (nSPS) is 10.5. The van der Waals surface area contributed by atoms with Crippen molar-refractivity contribution >= 4 is 5.91 Å². The summed E-state index contributed by atoms with van der Waals surface area (Å²) in [4.78, 5) is 19.8. The highest BCUT2D eigenvalue weighted by atomic mass is 16.2. The molecule has 0 spiro atoms. The van der Waals surface area contributed by atoms with Gasteiger partial charge in [-0.1, -0.05) is 0 Å². The van der Waals surface area contributed by atoms with Crippen LogP contribution in [0.4, 0.5) is 0 Å². The van der Waals surface area contributed by atoms with Gasteiger partial charge in [0.2, 0.25) is 0 Å². The number of carbonyl (C=O) groups is 1. The van der Waals surface area contributed by atoms with E-state index < -0.39 is 0 Å². The molecule has 0 saturated carbocycles.